The Morgan fingerprint density at radius 2 is 1.74 bits per heavy atom. The Morgan fingerprint density at radius 3 is 2.39 bits per heavy atom. The molecule has 0 unspecified atom stereocenters. The molecule has 31 heavy (non-hydrogen) atoms. The van der Waals surface area contributed by atoms with E-state index in [0.29, 0.717) is 21.8 Å². The number of nitrogens with zero attached hydrogens (tertiary/aromatic N) is 2. The number of aryl methyl sites for hydroxylation is 1. The summed E-state index contributed by atoms with van der Waals surface area (Å²) in [5, 5.41) is 13.0. The van der Waals surface area contributed by atoms with Crippen LogP contribution in [0.5, 0.6) is 0 Å². The number of fused-ring (bicyclic) bond motifs is 6. The molecule has 1 saturated heterocycles. The van der Waals surface area contributed by atoms with Gasteiger partial charge in [-0.25, -0.2) is 0 Å². The van der Waals surface area contributed by atoms with E-state index in [2.05, 4.69) is 23.5 Å². The summed E-state index contributed by atoms with van der Waals surface area (Å²) in [6, 6.07) is 8.79. The number of amides is 3. The molecule has 0 spiro atoms. The number of nitriles is 1. The standard InChI is InChI=1S/C24H19N3O3S/c25-11-17-16-2-1-3-18(16)31-22(17)26-21(28)12-6-8-15(9-7-12)27-23(29)19-13-4-5-14(10-13)20(19)24(27)30/h4-9,13-14,19-20H,1-3,10H2,(H,26,28)/t13-,14-,19-,20+/m0/s1. The number of anilines is 2. The summed E-state index contributed by atoms with van der Waals surface area (Å²) in [6.45, 7) is 0. The number of allylic oxidation sites excluding steroid dienone is 2. The van der Waals surface area contributed by atoms with Gasteiger partial charge in [0.05, 0.1) is 23.1 Å². The van der Waals surface area contributed by atoms with Crippen molar-refractivity contribution in [3.8, 4) is 6.07 Å². The molecule has 1 aromatic heterocycles. The van der Waals surface area contributed by atoms with Gasteiger partial charge in [0, 0.05) is 10.4 Å². The van der Waals surface area contributed by atoms with E-state index in [-0.39, 0.29) is 41.4 Å². The normalized spacial score (nSPS) is 27.5. The summed E-state index contributed by atoms with van der Waals surface area (Å²) in [5.74, 6) is -0.703. The largest absolute Gasteiger partial charge is 0.312 e. The second-order valence-corrected chi connectivity index (χ2v) is 9.79. The molecular weight excluding hydrogens is 410 g/mol. The molecule has 3 amide bonds. The number of hydrogen-bond donors (Lipinski definition) is 1. The van der Waals surface area contributed by atoms with Crippen LogP contribution < -0.4 is 10.2 Å². The van der Waals surface area contributed by atoms with Gasteiger partial charge in [-0.3, -0.25) is 19.3 Å². The number of rotatable bonds is 3. The van der Waals surface area contributed by atoms with Gasteiger partial charge >= 0.3 is 0 Å². The molecule has 2 bridgehead atoms. The van der Waals surface area contributed by atoms with Crippen molar-refractivity contribution in [1.82, 2.24) is 0 Å². The third kappa shape index (κ3) is 2.58. The maximum atomic E-state index is 12.9. The second kappa shape index (κ2) is 6.63. The lowest BCUT2D eigenvalue weighted by molar-refractivity contribution is -0.123. The molecule has 6 rings (SSSR count). The second-order valence-electron chi connectivity index (χ2n) is 8.69. The van der Waals surface area contributed by atoms with Crippen molar-refractivity contribution in [3.63, 3.8) is 0 Å². The van der Waals surface area contributed by atoms with Gasteiger partial charge in [-0.05, 0) is 67.3 Å². The molecule has 0 radical (unpaired) electrons. The Hall–Kier alpha value is -3.24. The highest BCUT2D eigenvalue weighted by atomic mass is 32.1. The SMILES string of the molecule is N#Cc1c(NC(=O)c2ccc(N3C(=O)[C@@H]4[C@H](C3=O)[C@H]3C=C[C@H]4C3)cc2)sc2c1CCC2. The van der Waals surface area contributed by atoms with E-state index in [4.69, 9.17) is 0 Å². The molecule has 6 nitrogen and oxygen atoms in total. The zero-order valence-corrected chi connectivity index (χ0v) is 17.4. The Morgan fingerprint density at radius 1 is 1.06 bits per heavy atom. The average Bonchev–Trinajstić information content (AvgIpc) is 3.56. The lowest BCUT2D eigenvalue weighted by Crippen LogP contribution is -2.32. The van der Waals surface area contributed by atoms with Crippen molar-refractivity contribution in [3.05, 3.63) is 58.0 Å². The van der Waals surface area contributed by atoms with Crippen LogP contribution in [-0.4, -0.2) is 17.7 Å². The predicted octanol–water partition coefficient (Wildman–Crippen LogP) is 3.67. The monoisotopic (exact) mass is 429 g/mol. The molecule has 4 atom stereocenters. The molecule has 1 aromatic carbocycles. The van der Waals surface area contributed by atoms with Crippen molar-refractivity contribution in [2.45, 2.75) is 25.7 Å². The summed E-state index contributed by atoms with van der Waals surface area (Å²) in [6.07, 6.45) is 7.94. The van der Waals surface area contributed by atoms with Gasteiger partial charge in [-0.1, -0.05) is 12.2 Å². The zero-order valence-electron chi connectivity index (χ0n) is 16.6. The maximum Gasteiger partial charge on any atom is 0.256 e. The van der Waals surface area contributed by atoms with Crippen LogP contribution in [0.1, 0.15) is 39.2 Å². The molecule has 2 heterocycles. The average molecular weight is 430 g/mol. The third-order valence-electron chi connectivity index (χ3n) is 7.12. The molecule has 1 N–H and O–H groups in total. The van der Waals surface area contributed by atoms with Crippen molar-refractivity contribution in [1.29, 1.82) is 5.26 Å². The summed E-state index contributed by atoms with van der Waals surface area (Å²) >= 11 is 1.48. The minimum atomic E-state index is -0.304. The Labute approximate surface area is 183 Å². The summed E-state index contributed by atoms with van der Waals surface area (Å²) in [4.78, 5) is 41.1. The third-order valence-corrected chi connectivity index (χ3v) is 8.33. The first kappa shape index (κ1) is 18.5. The number of nitrogens with one attached hydrogen (secondary N) is 1. The summed E-state index contributed by atoms with van der Waals surface area (Å²) < 4.78 is 0. The molecule has 3 aliphatic carbocycles. The van der Waals surface area contributed by atoms with E-state index in [1.165, 1.54) is 21.1 Å². The molecule has 1 aliphatic heterocycles. The first-order chi connectivity index (χ1) is 15.1. The quantitative estimate of drug-likeness (QED) is 0.595. The van der Waals surface area contributed by atoms with Crippen LogP contribution >= 0.6 is 11.3 Å². The topological polar surface area (TPSA) is 90.3 Å². The summed E-state index contributed by atoms with van der Waals surface area (Å²) in [7, 11) is 0. The minimum Gasteiger partial charge on any atom is -0.312 e. The molecule has 4 aliphatic rings. The number of benzene rings is 1. The van der Waals surface area contributed by atoms with Crippen molar-refractivity contribution >= 4 is 39.7 Å². The van der Waals surface area contributed by atoms with Crippen LogP contribution in [0.4, 0.5) is 10.7 Å². The maximum absolute atomic E-state index is 12.9. The van der Waals surface area contributed by atoms with E-state index < -0.39 is 0 Å². The predicted molar refractivity (Wildman–Crippen MR) is 116 cm³/mol. The van der Waals surface area contributed by atoms with Gasteiger partial charge in [0.25, 0.3) is 5.91 Å². The number of imide groups is 1. The fourth-order valence-corrected chi connectivity index (χ4v) is 6.94. The van der Waals surface area contributed by atoms with Crippen LogP contribution in [0.25, 0.3) is 0 Å². The van der Waals surface area contributed by atoms with Crippen LogP contribution in [-0.2, 0) is 22.4 Å². The fourth-order valence-electron chi connectivity index (χ4n) is 5.70. The molecule has 1 saturated carbocycles. The van der Waals surface area contributed by atoms with Gasteiger partial charge in [-0.2, -0.15) is 5.26 Å². The lowest BCUT2D eigenvalue weighted by atomic mass is 9.85. The lowest BCUT2D eigenvalue weighted by Gasteiger charge is -2.17. The number of carbonyl (C=O) groups excluding carboxylic acids is 3. The highest BCUT2D eigenvalue weighted by molar-refractivity contribution is 7.16. The van der Waals surface area contributed by atoms with Gasteiger partial charge in [0.15, 0.2) is 0 Å². The fraction of sp³-hybridized carbons (Fsp3) is 0.333. The highest BCUT2D eigenvalue weighted by Gasteiger charge is 2.59. The number of thiophene rings is 1. The van der Waals surface area contributed by atoms with E-state index >= 15 is 0 Å². The number of hydrogen-bond acceptors (Lipinski definition) is 5. The van der Waals surface area contributed by atoms with E-state index in [1.54, 1.807) is 24.3 Å². The Kier molecular flexibility index (Phi) is 3.96. The Bertz CT molecular complexity index is 1190. The van der Waals surface area contributed by atoms with Crippen LogP contribution in [0.2, 0.25) is 0 Å². The van der Waals surface area contributed by atoms with Crippen LogP contribution in [0.15, 0.2) is 36.4 Å². The Balaban J connectivity index is 1.22. The van der Waals surface area contributed by atoms with Crippen molar-refractivity contribution < 1.29 is 14.4 Å². The minimum absolute atomic E-state index is 0.129. The molecule has 2 aromatic rings. The number of carbonyl (C=O) groups is 3. The first-order valence-electron chi connectivity index (χ1n) is 10.6. The van der Waals surface area contributed by atoms with E-state index in [9.17, 15) is 19.6 Å². The van der Waals surface area contributed by atoms with E-state index in [1.807, 2.05) is 0 Å². The van der Waals surface area contributed by atoms with E-state index in [0.717, 1.165) is 31.2 Å². The van der Waals surface area contributed by atoms with Gasteiger partial charge in [-0.15, -0.1) is 11.3 Å². The molecule has 7 heteroatoms. The highest BCUT2D eigenvalue weighted by Crippen LogP contribution is 2.53. The summed E-state index contributed by atoms with van der Waals surface area (Å²) in [5.41, 5.74) is 2.57. The van der Waals surface area contributed by atoms with Gasteiger partial charge < -0.3 is 5.32 Å². The van der Waals surface area contributed by atoms with Crippen molar-refractivity contribution in [2.24, 2.45) is 23.7 Å². The van der Waals surface area contributed by atoms with Crippen LogP contribution in [0.3, 0.4) is 0 Å². The first-order valence-corrected chi connectivity index (χ1v) is 11.4. The van der Waals surface area contributed by atoms with Crippen molar-refractivity contribution in [2.75, 3.05) is 10.2 Å². The van der Waals surface area contributed by atoms with Gasteiger partial charge in [0.2, 0.25) is 11.8 Å². The van der Waals surface area contributed by atoms with Gasteiger partial charge in [0.1, 0.15) is 11.1 Å². The molecule has 154 valence electrons. The smallest absolute Gasteiger partial charge is 0.256 e. The zero-order chi connectivity index (χ0) is 21.3. The van der Waals surface area contributed by atoms with Crippen LogP contribution in [0, 0.1) is 35.0 Å². The molecular formula is C24H19N3O3S. The molecule has 2 fully saturated rings.